The zero-order valence-corrected chi connectivity index (χ0v) is 12.2. The molecule has 0 aromatic carbocycles. The van der Waals surface area contributed by atoms with Gasteiger partial charge in [0.05, 0.1) is 6.61 Å². The van der Waals surface area contributed by atoms with Crippen molar-refractivity contribution in [3.05, 3.63) is 11.7 Å². The smallest absolute Gasteiger partial charge is 0.321 e. The second-order valence-electron chi connectivity index (χ2n) is 4.82. The molecule has 0 fully saturated rings. The Morgan fingerprint density at radius 1 is 1.42 bits per heavy atom. The minimum atomic E-state index is -0.953. The van der Waals surface area contributed by atoms with Gasteiger partial charge in [-0.2, -0.15) is 4.98 Å². The Morgan fingerprint density at radius 3 is 2.63 bits per heavy atom. The van der Waals surface area contributed by atoms with E-state index in [1.807, 2.05) is 0 Å². The lowest BCUT2D eigenvalue weighted by Gasteiger charge is -2.17. The van der Waals surface area contributed by atoms with Crippen molar-refractivity contribution in [2.24, 2.45) is 0 Å². The Morgan fingerprint density at radius 2 is 2.11 bits per heavy atom. The number of hydrogen-bond donors (Lipinski definition) is 0. The summed E-state index contributed by atoms with van der Waals surface area (Å²) in [5.41, 5.74) is -0.953. The zero-order valence-electron chi connectivity index (χ0n) is 12.2. The van der Waals surface area contributed by atoms with Gasteiger partial charge in [0.15, 0.2) is 0 Å². The molecule has 108 valence electrons. The van der Waals surface area contributed by atoms with Crippen LogP contribution in [-0.4, -0.2) is 29.8 Å². The first-order valence-corrected chi connectivity index (χ1v) is 6.51. The van der Waals surface area contributed by atoms with Gasteiger partial charge < -0.3 is 14.0 Å². The summed E-state index contributed by atoms with van der Waals surface area (Å²) >= 11 is 0. The molecule has 1 aromatic rings. The molecule has 6 nitrogen and oxygen atoms in total. The third-order valence-corrected chi connectivity index (χ3v) is 2.89. The van der Waals surface area contributed by atoms with Gasteiger partial charge in [-0.3, -0.25) is 4.79 Å². The van der Waals surface area contributed by atoms with E-state index in [1.54, 1.807) is 27.9 Å². The fraction of sp³-hybridized carbons (Fsp3) is 0.769. The molecule has 1 rings (SSSR count). The van der Waals surface area contributed by atoms with Crippen LogP contribution in [0, 0.1) is 0 Å². The van der Waals surface area contributed by atoms with Crippen molar-refractivity contribution in [2.45, 2.75) is 52.1 Å². The highest BCUT2D eigenvalue weighted by molar-refractivity contribution is 5.80. The normalized spacial score (nSPS) is 13.3. The molecular formula is C13H22N2O4. The summed E-state index contributed by atoms with van der Waals surface area (Å²) in [4.78, 5) is 16.1. The molecule has 0 amide bonds. The molecule has 0 N–H and O–H groups in total. The van der Waals surface area contributed by atoms with E-state index in [0.29, 0.717) is 12.4 Å². The van der Waals surface area contributed by atoms with E-state index in [-0.39, 0.29) is 18.0 Å². The van der Waals surface area contributed by atoms with Crippen molar-refractivity contribution in [2.75, 3.05) is 13.7 Å². The van der Waals surface area contributed by atoms with Gasteiger partial charge in [0.2, 0.25) is 11.7 Å². The fourth-order valence-corrected chi connectivity index (χ4v) is 1.63. The van der Waals surface area contributed by atoms with Crippen LogP contribution < -0.4 is 0 Å². The minimum absolute atomic E-state index is 0.208. The Hall–Kier alpha value is -1.43. The first-order chi connectivity index (χ1) is 8.97. The number of aromatic nitrogens is 2. The summed E-state index contributed by atoms with van der Waals surface area (Å²) in [6.45, 7) is 7.53. The number of carbonyl (C=O) groups excluding carboxylic acids is 1. The summed E-state index contributed by atoms with van der Waals surface area (Å²) in [7, 11) is 1.60. The van der Waals surface area contributed by atoms with E-state index >= 15 is 0 Å². The number of esters is 1. The Bertz CT molecular complexity index is 415. The first kappa shape index (κ1) is 15.6. The van der Waals surface area contributed by atoms with Gasteiger partial charge in [-0.05, 0) is 27.2 Å². The van der Waals surface area contributed by atoms with Crippen molar-refractivity contribution in [1.29, 1.82) is 0 Å². The molecule has 0 aliphatic rings. The number of hydrogen-bond acceptors (Lipinski definition) is 6. The quantitative estimate of drug-likeness (QED) is 0.708. The molecule has 1 atom stereocenters. The Labute approximate surface area is 113 Å². The average molecular weight is 270 g/mol. The largest absolute Gasteiger partial charge is 0.465 e. The lowest BCUT2D eigenvalue weighted by atomic mass is 9.94. The minimum Gasteiger partial charge on any atom is -0.465 e. The molecule has 1 aromatic heterocycles. The van der Waals surface area contributed by atoms with Gasteiger partial charge in [-0.15, -0.1) is 0 Å². The summed E-state index contributed by atoms with van der Waals surface area (Å²) in [6, 6.07) is 0. The van der Waals surface area contributed by atoms with Crippen molar-refractivity contribution in [3.63, 3.8) is 0 Å². The second kappa shape index (κ2) is 6.65. The van der Waals surface area contributed by atoms with Gasteiger partial charge in [-0.25, -0.2) is 0 Å². The van der Waals surface area contributed by atoms with Crippen LogP contribution in [-0.2, 0) is 19.7 Å². The first-order valence-electron chi connectivity index (χ1n) is 6.51. The van der Waals surface area contributed by atoms with E-state index in [4.69, 9.17) is 14.0 Å². The van der Waals surface area contributed by atoms with Crippen LogP contribution in [0.15, 0.2) is 4.52 Å². The van der Waals surface area contributed by atoms with E-state index in [0.717, 1.165) is 12.8 Å². The lowest BCUT2D eigenvalue weighted by Crippen LogP contribution is -2.31. The summed E-state index contributed by atoms with van der Waals surface area (Å²) in [5, 5.41) is 3.90. The van der Waals surface area contributed by atoms with Crippen molar-refractivity contribution < 1.29 is 18.8 Å². The number of ether oxygens (including phenoxy) is 2. The molecule has 6 heteroatoms. The molecule has 0 radical (unpaired) electrons. The molecule has 0 saturated carbocycles. The summed E-state index contributed by atoms with van der Waals surface area (Å²) in [6.07, 6.45) is 1.54. The van der Waals surface area contributed by atoms with Crippen LogP contribution in [0.1, 0.15) is 58.4 Å². The number of methoxy groups -OCH3 is 1. The maximum Gasteiger partial charge on any atom is 0.321 e. The van der Waals surface area contributed by atoms with Crippen LogP contribution in [0.3, 0.4) is 0 Å². The van der Waals surface area contributed by atoms with E-state index in [1.165, 1.54) is 0 Å². The third kappa shape index (κ3) is 3.53. The summed E-state index contributed by atoms with van der Waals surface area (Å²) in [5.74, 6) is 0.338. The summed E-state index contributed by atoms with van der Waals surface area (Å²) < 4.78 is 15.5. The van der Waals surface area contributed by atoms with Crippen LogP contribution >= 0.6 is 0 Å². The van der Waals surface area contributed by atoms with E-state index in [9.17, 15) is 4.79 Å². The van der Waals surface area contributed by atoms with E-state index in [2.05, 4.69) is 17.1 Å². The number of rotatable bonds is 7. The Balaban J connectivity index is 2.91. The number of nitrogens with zero attached hydrogens (tertiary/aromatic N) is 2. The topological polar surface area (TPSA) is 74.5 Å². The van der Waals surface area contributed by atoms with Crippen LogP contribution in [0.2, 0.25) is 0 Å². The monoisotopic (exact) mass is 270 g/mol. The predicted molar refractivity (Wildman–Crippen MR) is 68.6 cm³/mol. The second-order valence-corrected chi connectivity index (χ2v) is 4.82. The standard InChI is InChI=1S/C13H22N2O4/c1-6-8-9(17-5)10-14-11(19-15-10)13(3,4)12(16)18-7-2/h9H,6-8H2,1-5H3. The lowest BCUT2D eigenvalue weighted by molar-refractivity contribution is -0.149. The van der Waals surface area contributed by atoms with Crippen molar-refractivity contribution >= 4 is 5.97 Å². The highest BCUT2D eigenvalue weighted by atomic mass is 16.5. The van der Waals surface area contributed by atoms with Gasteiger partial charge in [0.1, 0.15) is 11.5 Å². The molecule has 0 bridgehead atoms. The number of carbonyl (C=O) groups is 1. The van der Waals surface area contributed by atoms with Crippen LogP contribution in [0.4, 0.5) is 0 Å². The van der Waals surface area contributed by atoms with Crippen LogP contribution in [0.5, 0.6) is 0 Å². The van der Waals surface area contributed by atoms with Crippen molar-refractivity contribution in [3.8, 4) is 0 Å². The maximum absolute atomic E-state index is 11.9. The van der Waals surface area contributed by atoms with Gasteiger partial charge in [-0.1, -0.05) is 18.5 Å². The molecule has 1 unspecified atom stereocenters. The van der Waals surface area contributed by atoms with Gasteiger partial charge in [0, 0.05) is 7.11 Å². The SMILES string of the molecule is CCCC(OC)c1noc(C(C)(C)C(=O)OCC)n1. The molecular weight excluding hydrogens is 248 g/mol. The third-order valence-electron chi connectivity index (χ3n) is 2.89. The molecule has 19 heavy (non-hydrogen) atoms. The highest BCUT2D eigenvalue weighted by Crippen LogP contribution is 2.26. The highest BCUT2D eigenvalue weighted by Gasteiger charge is 2.38. The molecule has 0 saturated heterocycles. The molecule has 1 heterocycles. The predicted octanol–water partition coefficient (Wildman–Crippen LogP) is 2.40. The maximum atomic E-state index is 11.9. The van der Waals surface area contributed by atoms with E-state index < -0.39 is 5.41 Å². The zero-order chi connectivity index (χ0) is 14.5. The molecule has 0 spiro atoms. The van der Waals surface area contributed by atoms with Crippen LogP contribution in [0.25, 0.3) is 0 Å². The fourth-order valence-electron chi connectivity index (χ4n) is 1.63. The molecule has 0 aliphatic carbocycles. The average Bonchev–Trinajstić information content (AvgIpc) is 2.86. The van der Waals surface area contributed by atoms with Gasteiger partial charge in [0.25, 0.3) is 0 Å². The van der Waals surface area contributed by atoms with Crippen molar-refractivity contribution in [1.82, 2.24) is 10.1 Å². The molecule has 0 aliphatic heterocycles. The van der Waals surface area contributed by atoms with Gasteiger partial charge >= 0.3 is 5.97 Å². The Kier molecular flexibility index (Phi) is 5.47.